The van der Waals surface area contributed by atoms with Crippen molar-refractivity contribution >= 4 is 51.2 Å². The Labute approximate surface area is 222 Å². The number of hydrogen-bond acceptors (Lipinski definition) is 8. The van der Waals surface area contributed by atoms with E-state index in [0.717, 1.165) is 11.1 Å². The highest BCUT2D eigenvalue weighted by molar-refractivity contribution is 6.42. The Morgan fingerprint density at radius 2 is 1.38 bits per heavy atom. The predicted octanol–water partition coefficient (Wildman–Crippen LogP) is 5.08. The molecule has 1 N–H and O–H groups in total. The number of aromatic nitrogens is 2. The summed E-state index contributed by atoms with van der Waals surface area (Å²) in [5, 5.41) is 12.1. The van der Waals surface area contributed by atoms with E-state index in [9.17, 15) is 9.90 Å². The van der Waals surface area contributed by atoms with Crippen LogP contribution in [0.3, 0.4) is 0 Å². The summed E-state index contributed by atoms with van der Waals surface area (Å²) < 4.78 is 22.1. The summed E-state index contributed by atoms with van der Waals surface area (Å²) in [6.07, 6.45) is -0.916. The largest absolute Gasteiger partial charge is 0.493 e. The highest BCUT2D eigenvalue weighted by Gasteiger charge is 2.52. The van der Waals surface area contributed by atoms with Crippen molar-refractivity contribution in [1.82, 2.24) is 9.97 Å². The van der Waals surface area contributed by atoms with Gasteiger partial charge in [0.2, 0.25) is 5.75 Å². The van der Waals surface area contributed by atoms with Gasteiger partial charge in [0.1, 0.15) is 0 Å². The third-order valence-corrected chi connectivity index (χ3v) is 8.02. The number of ether oxygens (including phenoxy) is 4. The number of halogens is 2. The van der Waals surface area contributed by atoms with Gasteiger partial charge in [0.15, 0.2) is 11.5 Å². The van der Waals surface area contributed by atoms with Crippen LogP contribution < -0.4 is 14.2 Å². The molecule has 4 atom stereocenters. The first-order valence-electron chi connectivity index (χ1n) is 11.6. The van der Waals surface area contributed by atoms with E-state index in [-0.39, 0.29) is 12.6 Å². The molecule has 0 radical (unpaired) electrons. The monoisotopic (exact) mass is 540 g/mol. The number of carbonyl (C=O) groups excluding carboxylic acids is 1. The van der Waals surface area contributed by atoms with Gasteiger partial charge in [-0.1, -0.05) is 23.2 Å². The summed E-state index contributed by atoms with van der Waals surface area (Å²) in [7, 11) is 4.61. The van der Waals surface area contributed by atoms with E-state index >= 15 is 0 Å². The first kappa shape index (κ1) is 24.0. The maximum absolute atomic E-state index is 13.0. The number of carbonyl (C=O) groups is 1. The second kappa shape index (κ2) is 8.90. The van der Waals surface area contributed by atoms with E-state index in [1.165, 1.54) is 21.3 Å². The quantitative estimate of drug-likeness (QED) is 0.282. The molecule has 10 heteroatoms. The molecular weight excluding hydrogens is 519 g/mol. The molecule has 37 heavy (non-hydrogen) atoms. The van der Waals surface area contributed by atoms with Crippen LogP contribution in [0.1, 0.15) is 28.7 Å². The van der Waals surface area contributed by atoms with Gasteiger partial charge in [-0.2, -0.15) is 0 Å². The van der Waals surface area contributed by atoms with Gasteiger partial charge in [-0.05, 0) is 53.1 Å². The van der Waals surface area contributed by atoms with Gasteiger partial charge in [-0.25, -0.2) is 9.97 Å². The predicted molar refractivity (Wildman–Crippen MR) is 138 cm³/mol. The van der Waals surface area contributed by atoms with Crippen LogP contribution in [0.15, 0.2) is 36.4 Å². The lowest BCUT2D eigenvalue weighted by Gasteiger charge is -2.37. The third-order valence-electron chi connectivity index (χ3n) is 7.30. The second-order valence-corrected chi connectivity index (χ2v) is 9.96. The van der Waals surface area contributed by atoms with Crippen molar-refractivity contribution in [1.29, 1.82) is 0 Å². The minimum absolute atomic E-state index is 0.126. The van der Waals surface area contributed by atoms with E-state index in [4.69, 9.17) is 52.1 Å². The number of esters is 1. The van der Waals surface area contributed by atoms with Crippen LogP contribution in [0.4, 0.5) is 0 Å². The van der Waals surface area contributed by atoms with E-state index in [1.54, 1.807) is 12.1 Å². The van der Waals surface area contributed by atoms with Crippen LogP contribution in [-0.2, 0) is 9.53 Å². The number of hydrogen-bond donors (Lipinski definition) is 1. The van der Waals surface area contributed by atoms with Crippen LogP contribution in [0.5, 0.6) is 17.2 Å². The SMILES string of the molecule is COc1cc([C@@H]2c3cc4nc5cc(Cl)c(Cl)cc5nc4cc3[C@H](O)[C@H]3COC(=O)[C@H]23)cc(OC)c1OC. The molecular formula is C27H22Cl2N2O6. The van der Waals surface area contributed by atoms with Crippen molar-refractivity contribution in [2.75, 3.05) is 27.9 Å². The Hall–Kier alpha value is -3.33. The number of benzene rings is 3. The molecule has 190 valence electrons. The molecule has 0 spiro atoms. The molecule has 1 aliphatic heterocycles. The van der Waals surface area contributed by atoms with Gasteiger partial charge in [0.25, 0.3) is 0 Å². The molecule has 2 aliphatic rings. The van der Waals surface area contributed by atoms with Gasteiger partial charge < -0.3 is 24.1 Å². The Balaban J connectivity index is 1.63. The van der Waals surface area contributed by atoms with Gasteiger partial charge in [-0.3, -0.25) is 4.79 Å². The first-order chi connectivity index (χ1) is 17.8. The Kier molecular flexibility index (Phi) is 5.78. The van der Waals surface area contributed by atoms with Crippen LogP contribution in [0.25, 0.3) is 22.1 Å². The molecule has 0 amide bonds. The fourth-order valence-electron chi connectivity index (χ4n) is 5.59. The molecule has 1 aromatic heterocycles. The number of fused-ring (bicyclic) bond motifs is 4. The molecule has 6 rings (SSSR count). The summed E-state index contributed by atoms with van der Waals surface area (Å²) >= 11 is 12.4. The minimum atomic E-state index is -0.916. The second-order valence-electron chi connectivity index (χ2n) is 9.15. The van der Waals surface area contributed by atoms with Crippen molar-refractivity contribution in [2.45, 2.75) is 12.0 Å². The summed E-state index contributed by atoms with van der Waals surface area (Å²) in [6.45, 7) is 0.126. The average Bonchev–Trinajstić information content (AvgIpc) is 3.28. The van der Waals surface area contributed by atoms with Crippen LogP contribution >= 0.6 is 23.2 Å². The zero-order valence-corrected chi connectivity index (χ0v) is 21.6. The molecule has 1 saturated heterocycles. The molecule has 4 aromatic rings. The van der Waals surface area contributed by atoms with Crippen molar-refractivity contribution < 1.29 is 28.8 Å². The number of aliphatic hydroxyl groups is 1. The number of rotatable bonds is 4. The summed E-state index contributed by atoms with van der Waals surface area (Å²) in [4.78, 5) is 22.5. The van der Waals surface area contributed by atoms with E-state index < -0.39 is 23.9 Å². The zero-order valence-electron chi connectivity index (χ0n) is 20.1. The molecule has 0 unspecified atom stereocenters. The van der Waals surface area contributed by atoms with E-state index in [1.807, 2.05) is 24.3 Å². The third kappa shape index (κ3) is 3.66. The highest BCUT2D eigenvalue weighted by atomic mass is 35.5. The van der Waals surface area contributed by atoms with Crippen LogP contribution in [-0.4, -0.2) is 49.0 Å². The highest BCUT2D eigenvalue weighted by Crippen LogP contribution is 2.54. The molecule has 2 heterocycles. The summed E-state index contributed by atoms with van der Waals surface area (Å²) in [5.74, 6) is -0.479. The number of methoxy groups -OCH3 is 3. The van der Waals surface area contributed by atoms with Gasteiger partial charge in [0, 0.05) is 11.8 Å². The number of cyclic esters (lactones) is 1. The molecule has 1 fully saturated rings. The topological polar surface area (TPSA) is 100 Å². The van der Waals surface area contributed by atoms with Crippen molar-refractivity contribution in [3.8, 4) is 17.2 Å². The van der Waals surface area contributed by atoms with Crippen molar-refractivity contribution in [2.24, 2.45) is 11.8 Å². The van der Waals surface area contributed by atoms with E-state index in [2.05, 4.69) is 0 Å². The zero-order chi connectivity index (χ0) is 26.0. The maximum Gasteiger partial charge on any atom is 0.310 e. The standard InChI is InChI=1S/C27H22Cl2N2O6/c1-34-21-4-11(5-22(35-2)26(21)36-3)23-12-6-17-18(31-20-9-16(29)15(28)8-19(20)30-17)7-13(12)25(32)14-10-37-27(33)24(14)23/h4-9,14,23-25,32H,10H2,1-3H3/t14-,23+,24-,25-/m0/s1. The van der Waals surface area contributed by atoms with Gasteiger partial charge >= 0.3 is 5.97 Å². The summed E-state index contributed by atoms with van der Waals surface area (Å²) in [5.41, 5.74) is 4.54. The fraction of sp³-hybridized carbons (Fsp3) is 0.296. The molecule has 0 saturated carbocycles. The fourth-order valence-corrected chi connectivity index (χ4v) is 5.91. The molecule has 8 nitrogen and oxygen atoms in total. The molecule has 1 aliphatic carbocycles. The minimum Gasteiger partial charge on any atom is -0.493 e. The Morgan fingerprint density at radius 3 is 1.92 bits per heavy atom. The van der Waals surface area contributed by atoms with Crippen molar-refractivity contribution in [3.63, 3.8) is 0 Å². The maximum atomic E-state index is 13.0. The van der Waals surface area contributed by atoms with Crippen LogP contribution in [0, 0.1) is 11.8 Å². The number of aliphatic hydroxyl groups excluding tert-OH is 1. The Morgan fingerprint density at radius 1 is 0.838 bits per heavy atom. The van der Waals surface area contributed by atoms with Crippen molar-refractivity contribution in [3.05, 3.63) is 63.1 Å². The number of nitrogens with zero attached hydrogens (tertiary/aromatic N) is 2. The first-order valence-corrected chi connectivity index (χ1v) is 12.3. The lowest BCUT2D eigenvalue weighted by molar-refractivity contribution is -0.141. The normalized spacial score (nSPS) is 22.5. The Bertz CT molecular complexity index is 1570. The van der Waals surface area contributed by atoms with Gasteiger partial charge in [-0.15, -0.1) is 0 Å². The lowest BCUT2D eigenvalue weighted by Crippen LogP contribution is -2.34. The van der Waals surface area contributed by atoms with E-state index in [0.29, 0.717) is 54.9 Å². The molecule has 0 bridgehead atoms. The average molecular weight is 541 g/mol. The van der Waals surface area contributed by atoms with Gasteiger partial charge in [0.05, 0.1) is 72.1 Å². The lowest BCUT2D eigenvalue weighted by atomic mass is 9.66. The smallest absolute Gasteiger partial charge is 0.310 e. The van der Waals surface area contributed by atoms with Crippen LogP contribution in [0.2, 0.25) is 10.0 Å². The summed E-state index contributed by atoms with van der Waals surface area (Å²) in [6, 6.07) is 10.7. The molecule has 3 aromatic carbocycles.